The summed E-state index contributed by atoms with van der Waals surface area (Å²) in [5, 5.41) is 0. The highest BCUT2D eigenvalue weighted by atomic mass is 19.4. The van der Waals surface area contributed by atoms with E-state index in [1.54, 1.807) is 0 Å². The Hall–Kier alpha value is -2.39. The molecule has 0 aliphatic carbocycles. The molecule has 1 atom stereocenters. The van der Waals surface area contributed by atoms with Gasteiger partial charge < -0.3 is 9.47 Å². The molecule has 1 aromatic heterocycles. The van der Waals surface area contributed by atoms with Crippen LogP contribution < -0.4 is 5.49 Å². The quantitative estimate of drug-likeness (QED) is 0.682. The summed E-state index contributed by atoms with van der Waals surface area (Å²) in [4.78, 5) is 17.4. The van der Waals surface area contributed by atoms with Crippen LogP contribution in [0.2, 0.25) is 0 Å². The monoisotopic (exact) mass is 453 g/mol. The molecular weight excluding hydrogens is 423 g/mol. The fourth-order valence-corrected chi connectivity index (χ4v) is 3.96. The first-order valence-corrected chi connectivity index (χ1v) is 10.6. The smallest absolute Gasteiger partial charge is 0.380 e. The minimum atomic E-state index is -4.56. The van der Waals surface area contributed by atoms with E-state index in [2.05, 4.69) is 4.99 Å². The Morgan fingerprint density at radius 1 is 1.25 bits per heavy atom. The average molecular weight is 454 g/mol. The number of ether oxygens (including phenoxy) is 2. The number of nitrogens with zero attached hydrogens (tertiary/aromatic N) is 3. The number of methoxy groups -OCH3 is 1. The maximum Gasteiger partial charge on any atom is 0.416 e. The molecule has 0 spiro atoms. The number of rotatable bonds is 5. The van der Waals surface area contributed by atoms with Gasteiger partial charge in [-0.05, 0) is 30.5 Å². The van der Waals surface area contributed by atoms with E-state index < -0.39 is 17.6 Å². The van der Waals surface area contributed by atoms with E-state index in [1.165, 1.54) is 13.2 Å². The van der Waals surface area contributed by atoms with E-state index in [1.807, 2.05) is 43.2 Å². The van der Waals surface area contributed by atoms with Crippen LogP contribution >= 0.6 is 0 Å². The van der Waals surface area contributed by atoms with Crippen LogP contribution in [0.4, 0.5) is 13.2 Å². The van der Waals surface area contributed by atoms with Crippen molar-refractivity contribution in [2.24, 2.45) is 12.0 Å². The largest absolute Gasteiger partial charge is 0.416 e. The Morgan fingerprint density at radius 2 is 1.97 bits per heavy atom. The van der Waals surface area contributed by atoms with Crippen molar-refractivity contribution in [2.75, 3.05) is 13.7 Å². The van der Waals surface area contributed by atoms with E-state index in [0.717, 1.165) is 30.7 Å². The third-order valence-electron chi connectivity index (χ3n) is 5.59. The van der Waals surface area contributed by atoms with Crippen LogP contribution in [0.15, 0.2) is 29.3 Å². The van der Waals surface area contributed by atoms with Gasteiger partial charge in [-0.25, -0.2) is 0 Å². The first kappa shape index (κ1) is 24.3. The molecule has 3 rings (SSSR count). The van der Waals surface area contributed by atoms with Gasteiger partial charge in [0.25, 0.3) is 5.91 Å². The van der Waals surface area contributed by atoms with Gasteiger partial charge in [0.1, 0.15) is 0 Å². The fourth-order valence-electron chi connectivity index (χ4n) is 3.96. The summed E-state index contributed by atoms with van der Waals surface area (Å²) in [5.41, 5.74) is 0.452. The Kier molecular flexibility index (Phi) is 7.00. The fraction of sp³-hybridized carbons (Fsp3) is 0.565. The van der Waals surface area contributed by atoms with Crippen molar-refractivity contribution in [3.8, 4) is 0 Å². The van der Waals surface area contributed by atoms with Crippen LogP contribution in [0.25, 0.3) is 0 Å². The van der Waals surface area contributed by atoms with E-state index in [0.29, 0.717) is 24.2 Å². The van der Waals surface area contributed by atoms with Gasteiger partial charge in [-0.15, -0.1) is 0 Å². The first-order chi connectivity index (χ1) is 14.9. The van der Waals surface area contributed by atoms with Crippen LogP contribution in [-0.4, -0.2) is 35.1 Å². The minimum Gasteiger partial charge on any atom is -0.380 e. The minimum absolute atomic E-state index is 0.00285. The molecule has 2 heterocycles. The summed E-state index contributed by atoms with van der Waals surface area (Å²) in [5.74, 6) is -0.740. The molecule has 176 valence electrons. The Balaban J connectivity index is 2.11. The normalized spacial score (nSPS) is 17.9. The van der Waals surface area contributed by atoms with Crippen molar-refractivity contribution in [1.82, 2.24) is 9.36 Å². The molecule has 1 aromatic carbocycles. The van der Waals surface area contributed by atoms with Gasteiger partial charge >= 0.3 is 6.18 Å². The van der Waals surface area contributed by atoms with Crippen LogP contribution in [-0.2, 0) is 41.3 Å². The summed E-state index contributed by atoms with van der Waals surface area (Å²) < 4.78 is 54.4. The van der Waals surface area contributed by atoms with E-state index in [9.17, 15) is 18.0 Å². The van der Waals surface area contributed by atoms with Crippen LogP contribution in [0.5, 0.6) is 0 Å². The summed E-state index contributed by atoms with van der Waals surface area (Å²) in [6.07, 6.45) is -2.69. The van der Waals surface area contributed by atoms with Gasteiger partial charge in [0.05, 0.1) is 24.8 Å². The highest BCUT2D eigenvalue weighted by molar-refractivity contribution is 5.96. The molecule has 1 amide bonds. The van der Waals surface area contributed by atoms with Crippen molar-refractivity contribution in [3.05, 3.63) is 52.1 Å². The number of carbonyl (C=O) groups excluding carboxylic acids is 1. The maximum atomic E-state index is 13.3. The number of aromatic nitrogens is 2. The molecule has 32 heavy (non-hydrogen) atoms. The lowest BCUT2D eigenvalue weighted by molar-refractivity contribution is -0.137. The highest BCUT2D eigenvalue weighted by Gasteiger charge is 2.32. The van der Waals surface area contributed by atoms with Gasteiger partial charge in [0.2, 0.25) is 0 Å². The van der Waals surface area contributed by atoms with Crippen LogP contribution in [0.1, 0.15) is 60.8 Å². The molecule has 1 aliphatic heterocycles. The number of alkyl halides is 3. The number of carbonyl (C=O) groups is 1. The zero-order valence-electron chi connectivity index (χ0n) is 19.1. The molecule has 1 aliphatic rings. The lowest BCUT2D eigenvalue weighted by Crippen LogP contribution is -2.30. The third-order valence-corrected chi connectivity index (χ3v) is 5.59. The van der Waals surface area contributed by atoms with Gasteiger partial charge in [0, 0.05) is 43.5 Å². The molecule has 1 saturated heterocycles. The summed E-state index contributed by atoms with van der Waals surface area (Å²) in [6, 6.07) is 4.87. The van der Waals surface area contributed by atoms with Crippen molar-refractivity contribution in [1.29, 1.82) is 0 Å². The topological polar surface area (TPSA) is 57.8 Å². The molecule has 2 aromatic rings. The van der Waals surface area contributed by atoms with Gasteiger partial charge in [0.15, 0.2) is 5.49 Å². The number of amides is 1. The Labute approximate surface area is 185 Å². The average Bonchev–Trinajstić information content (AvgIpc) is 3.31. The van der Waals surface area contributed by atoms with E-state index >= 15 is 0 Å². The first-order valence-electron chi connectivity index (χ1n) is 10.6. The second-order valence-electron chi connectivity index (χ2n) is 9.10. The third kappa shape index (κ3) is 5.32. The number of hydrogen-bond donors (Lipinski definition) is 0. The molecule has 9 heteroatoms. The zero-order valence-corrected chi connectivity index (χ0v) is 19.1. The number of benzene rings is 1. The molecule has 1 fully saturated rings. The standard InChI is InChI=1S/C23H30F3N3O3/c1-22(2,3)19-12-20(29(28(19)4)13-17-7-6-10-32-17)27-21(30)18-11-16(23(24,25)26)9-8-15(18)14-31-5/h8-9,11-12,17H,6-7,10,13-14H2,1-5H3/b27-20+/t17-/m1/s1. The summed E-state index contributed by atoms with van der Waals surface area (Å²) in [7, 11) is 3.31. The summed E-state index contributed by atoms with van der Waals surface area (Å²) >= 11 is 0. The second kappa shape index (κ2) is 9.23. The Bertz CT molecular complexity index is 1040. The lowest BCUT2D eigenvalue weighted by atomic mass is 9.92. The molecule has 0 saturated carbocycles. The van der Waals surface area contributed by atoms with E-state index in [4.69, 9.17) is 9.47 Å². The zero-order chi connectivity index (χ0) is 23.7. The summed E-state index contributed by atoms with van der Waals surface area (Å²) in [6.45, 7) is 7.35. The van der Waals surface area contributed by atoms with Crippen LogP contribution in [0.3, 0.4) is 0 Å². The predicted octanol–water partition coefficient (Wildman–Crippen LogP) is 4.21. The molecule has 0 bridgehead atoms. The molecule has 0 unspecified atom stereocenters. The van der Waals surface area contributed by atoms with Crippen LogP contribution in [0, 0.1) is 0 Å². The molecular formula is C23H30F3N3O3. The molecule has 0 N–H and O–H groups in total. The van der Waals surface area contributed by atoms with Crippen molar-refractivity contribution in [2.45, 2.75) is 64.5 Å². The van der Waals surface area contributed by atoms with Gasteiger partial charge in [-0.2, -0.15) is 18.2 Å². The van der Waals surface area contributed by atoms with Gasteiger partial charge in [-0.3, -0.25) is 14.2 Å². The molecule has 0 radical (unpaired) electrons. The van der Waals surface area contributed by atoms with Crippen molar-refractivity contribution < 1.29 is 27.4 Å². The van der Waals surface area contributed by atoms with Crippen molar-refractivity contribution in [3.63, 3.8) is 0 Å². The van der Waals surface area contributed by atoms with E-state index in [-0.39, 0.29) is 23.7 Å². The second-order valence-corrected chi connectivity index (χ2v) is 9.10. The van der Waals surface area contributed by atoms with Crippen molar-refractivity contribution >= 4 is 5.91 Å². The molecule has 6 nitrogen and oxygen atoms in total. The number of halogens is 3. The SMILES string of the molecule is COCc1ccc(C(F)(F)F)cc1C(=O)/N=c1\cc(C(C)(C)C)n(C)n1C[C@H]1CCCO1. The number of hydrogen-bond acceptors (Lipinski definition) is 3. The maximum absolute atomic E-state index is 13.3. The lowest BCUT2D eigenvalue weighted by Gasteiger charge is -2.21. The van der Waals surface area contributed by atoms with Gasteiger partial charge in [-0.1, -0.05) is 26.8 Å². The Morgan fingerprint density at radius 3 is 2.53 bits per heavy atom. The predicted molar refractivity (Wildman–Crippen MR) is 113 cm³/mol. The highest BCUT2D eigenvalue weighted by Crippen LogP contribution is 2.31.